The predicted octanol–water partition coefficient (Wildman–Crippen LogP) is 2.71. The van der Waals surface area contributed by atoms with Crippen molar-refractivity contribution in [2.45, 2.75) is 37.8 Å². The molecule has 3 unspecified atom stereocenters. The zero-order valence-corrected chi connectivity index (χ0v) is 14.8. The second kappa shape index (κ2) is 5.86. The number of carbonyl (C=O) groups excluding carboxylic acids is 1. The van der Waals surface area contributed by atoms with Crippen LogP contribution in [0.3, 0.4) is 0 Å². The molecule has 2 fully saturated rings. The van der Waals surface area contributed by atoms with Gasteiger partial charge in [-0.25, -0.2) is 4.98 Å². The number of hydrogen-bond donors (Lipinski definition) is 1. The molecular formula is C20H21F2N3O2. The Morgan fingerprint density at radius 2 is 2.00 bits per heavy atom. The van der Waals surface area contributed by atoms with Crippen LogP contribution in [0.5, 0.6) is 0 Å². The van der Waals surface area contributed by atoms with E-state index in [1.165, 1.54) is 10.5 Å². The summed E-state index contributed by atoms with van der Waals surface area (Å²) in [6.45, 7) is 0.592. The Morgan fingerprint density at radius 3 is 2.70 bits per heavy atom. The molecule has 1 aromatic carbocycles. The van der Waals surface area contributed by atoms with Crippen LogP contribution in [0.1, 0.15) is 30.9 Å². The quantitative estimate of drug-likeness (QED) is 0.881. The molecule has 2 aliphatic heterocycles. The van der Waals surface area contributed by atoms with Crippen molar-refractivity contribution >= 4 is 5.91 Å². The molecule has 7 heteroatoms. The van der Waals surface area contributed by atoms with Gasteiger partial charge in [0.2, 0.25) is 0 Å². The summed E-state index contributed by atoms with van der Waals surface area (Å²) in [5, 5.41) is 11.1. The molecule has 3 aliphatic rings. The fourth-order valence-electron chi connectivity index (χ4n) is 5.40. The van der Waals surface area contributed by atoms with Gasteiger partial charge in [0.25, 0.3) is 5.91 Å². The van der Waals surface area contributed by atoms with Gasteiger partial charge in [0.15, 0.2) is 0 Å². The first-order valence-electron chi connectivity index (χ1n) is 9.38. The number of aliphatic hydroxyl groups excluding tert-OH is 1. The minimum atomic E-state index is -2.95. The maximum absolute atomic E-state index is 12.6. The highest BCUT2D eigenvalue weighted by atomic mass is 19.3. The number of alkyl halides is 2. The molecule has 1 aliphatic carbocycles. The molecular weight excluding hydrogens is 352 g/mol. The lowest BCUT2D eigenvalue weighted by molar-refractivity contribution is -0.169. The Labute approximate surface area is 155 Å². The molecule has 0 bridgehead atoms. The van der Waals surface area contributed by atoms with Crippen molar-refractivity contribution in [3.8, 4) is 11.3 Å². The van der Waals surface area contributed by atoms with Gasteiger partial charge in [0.1, 0.15) is 0 Å². The molecule has 1 saturated heterocycles. The van der Waals surface area contributed by atoms with Gasteiger partial charge in [-0.15, -0.1) is 0 Å². The maximum atomic E-state index is 12.6. The molecule has 5 nitrogen and oxygen atoms in total. The summed E-state index contributed by atoms with van der Waals surface area (Å²) in [7, 11) is 0. The zero-order chi connectivity index (χ0) is 18.8. The van der Waals surface area contributed by atoms with Crippen LogP contribution in [0.25, 0.3) is 11.3 Å². The van der Waals surface area contributed by atoms with Crippen LogP contribution >= 0.6 is 0 Å². The number of halogens is 2. The van der Waals surface area contributed by atoms with Crippen molar-refractivity contribution in [1.82, 2.24) is 14.5 Å². The van der Waals surface area contributed by atoms with E-state index in [4.69, 9.17) is 0 Å². The number of fused-ring (bicyclic) bond motifs is 3. The third-order valence-electron chi connectivity index (χ3n) is 6.86. The lowest BCUT2D eigenvalue weighted by atomic mass is 9.53. The van der Waals surface area contributed by atoms with Crippen molar-refractivity contribution in [3.05, 3.63) is 42.4 Å². The minimum absolute atomic E-state index is 0.0556. The number of hydrogen-bond acceptors (Lipinski definition) is 3. The van der Waals surface area contributed by atoms with E-state index >= 15 is 0 Å². The average molecular weight is 373 g/mol. The first-order valence-corrected chi connectivity index (χ1v) is 9.38. The van der Waals surface area contributed by atoms with Crippen LogP contribution in [0, 0.1) is 11.3 Å². The van der Waals surface area contributed by atoms with E-state index < -0.39 is 18.4 Å². The van der Waals surface area contributed by atoms with E-state index in [2.05, 4.69) is 21.7 Å². The number of amides is 1. The van der Waals surface area contributed by atoms with Crippen LogP contribution < -0.4 is 0 Å². The van der Waals surface area contributed by atoms with Crippen LogP contribution in [0.15, 0.2) is 36.8 Å². The van der Waals surface area contributed by atoms with E-state index in [1.807, 2.05) is 24.7 Å². The van der Waals surface area contributed by atoms with Crippen molar-refractivity contribution in [2.75, 3.05) is 13.1 Å². The lowest BCUT2D eigenvalue weighted by Crippen LogP contribution is -2.60. The van der Waals surface area contributed by atoms with Gasteiger partial charge in [-0.2, -0.15) is 8.78 Å². The summed E-state index contributed by atoms with van der Waals surface area (Å²) in [6, 6.07) is 8.26. The lowest BCUT2D eigenvalue weighted by Gasteiger charge is -2.57. The smallest absolute Gasteiger partial charge is 0.315 e. The fourth-order valence-corrected chi connectivity index (χ4v) is 5.40. The Morgan fingerprint density at radius 1 is 1.26 bits per heavy atom. The third kappa shape index (κ3) is 2.30. The Bertz CT molecular complexity index is 889. The summed E-state index contributed by atoms with van der Waals surface area (Å²) in [6.07, 6.45) is 2.21. The highest BCUT2D eigenvalue weighted by Crippen LogP contribution is 2.59. The van der Waals surface area contributed by atoms with E-state index in [0.717, 1.165) is 17.7 Å². The number of imidazole rings is 1. The van der Waals surface area contributed by atoms with E-state index in [1.54, 1.807) is 0 Å². The first kappa shape index (κ1) is 16.9. The highest BCUT2D eigenvalue weighted by molar-refractivity contribution is 5.79. The number of aromatic nitrogens is 2. The van der Waals surface area contributed by atoms with E-state index in [-0.39, 0.29) is 17.4 Å². The van der Waals surface area contributed by atoms with Gasteiger partial charge in [-0.3, -0.25) is 4.79 Å². The predicted molar refractivity (Wildman–Crippen MR) is 94.2 cm³/mol. The molecule has 1 N–H and O–H groups in total. The zero-order valence-electron chi connectivity index (χ0n) is 14.8. The van der Waals surface area contributed by atoms with Crippen LogP contribution in [-0.2, 0) is 4.79 Å². The van der Waals surface area contributed by atoms with Gasteiger partial charge < -0.3 is 14.6 Å². The van der Waals surface area contributed by atoms with E-state index in [0.29, 0.717) is 25.9 Å². The second-order valence-corrected chi connectivity index (χ2v) is 8.02. The summed E-state index contributed by atoms with van der Waals surface area (Å²) in [5.74, 6) is -1.03. The topological polar surface area (TPSA) is 58.4 Å². The maximum Gasteiger partial charge on any atom is 0.315 e. The number of carbonyl (C=O) groups is 1. The largest absolute Gasteiger partial charge is 0.392 e. The molecule has 1 spiro atoms. The van der Waals surface area contributed by atoms with Gasteiger partial charge in [0.05, 0.1) is 30.4 Å². The number of aliphatic hydroxyl groups is 1. The second-order valence-electron chi connectivity index (χ2n) is 8.02. The molecule has 0 radical (unpaired) electrons. The van der Waals surface area contributed by atoms with Gasteiger partial charge in [-0.05, 0) is 24.8 Å². The third-order valence-corrected chi connectivity index (χ3v) is 6.86. The molecule has 2 aromatic rings. The Balaban J connectivity index is 1.35. The molecule has 3 atom stereocenters. The number of nitrogens with zero attached hydrogens (tertiary/aromatic N) is 3. The fraction of sp³-hybridized carbons (Fsp3) is 0.500. The molecule has 1 saturated carbocycles. The van der Waals surface area contributed by atoms with Crippen molar-refractivity contribution in [2.24, 2.45) is 11.3 Å². The summed E-state index contributed by atoms with van der Waals surface area (Å²) in [5.41, 5.74) is 3.17. The standard InChI is InChI=1S/C20H21F2N3O2/c21-18(22)19(27)24-7-5-20(6-8-24)9-14(17(20)26)16-13-4-2-1-3-12(13)15-10-23-11-25(15)16/h1-4,10-11,14,16-18,26H,5-9H2. The van der Waals surface area contributed by atoms with Crippen molar-refractivity contribution in [1.29, 1.82) is 0 Å². The van der Waals surface area contributed by atoms with Gasteiger partial charge in [-0.1, -0.05) is 24.3 Å². The van der Waals surface area contributed by atoms with Crippen LogP contribution in [-0.4, -0.2) is 51.1 Å². The van der Waals surface area contributed by atoms with Crippen molar-refractivity contribution in [3.63, 3.8) is 0 Å². The van der Waals surface area contributed by atoms with Crippen LogP contribution in [0.2, 0.25) is 0 Å². The van der Waals surface area contributed by atoms with Gasteiger partial charge >= 0.3 is 6.43 Å². The molecule has 5 rings (SSSR count). The SMILES string of the molecule is O=C(C(F)F)N1CCC2(CC1)CC(C1c3ccccc3-c3cncn31)C2O. The highest BCUT2D eigenvalue weighted by Gasteiger charge is 2.58. The number of benzene rings is 1. The number of piperidine rings is 1. The van der Waals surface area contributed by atoms with Gasteiger partial charge in [0, 0.05) is 30.0 Å². The normalized spacial score (nSPS) is 28.1. The number of likely N-dealkylation sites (tertiary alicyclic amines) is 1. The van der Waals surface area contributed by atoms with Crippen molar-refractivity contribution < 1.29 is 18.7 Å². The van der Waals surface area contributed by atoms with E-state index in [9.17, 15) is 18.7 Å². The number of rotatable bonds is 2. The Kier molecular flexibility index (Phi) is 3.66. The molecule has 1 aromatic heterocycles. The minimum Gasteiger partial charge on any atom is -0.392 e. The molecule has 142 valence electrons. The summed E-state index contributed by atoms with van der Waals surface area (Å²) >= 11 is 0. The summed E-state index contributed by atoms with van der Waals surface area (Å²) < 4.78 is 27.4. The van der Waals surface area contributed by atoms with Crippen LogP contribution in [0.4, 0.5) is 8.78 Å². The first-order chi connectivity index (χ1) is 13.0. The average Bonchev–Trinajstić information content (AvgIpc) is 3.27. The Hall–Kier alpha value is -2.28. The molecule has 3 heterocycles. The monoisotopic (exact) mass is 373 g/mol. The summed E-state index contributed by atoms with van der Waals surface area (Å²) in [4.78, 5) is 17.0. The molecule has 27 heavy (non-hydrogen) atoms. The molecule has 1 amide bonds.